The third-order valence-corrected chi connectivity index (χ3v) is 3.30. The lowest BCUT2D eigenvalue weighted by atomic mass is 10.1. The number of carbonyl (C=O) groups excluding carboxylic acids is 2. The summed E-state index contributed by atoms with van der Waals surface area (Å²) in [6.07, 6.45) is -0.309. The van der Waals surface area contributed by atoms with E-state index in [-0.39, 0.29) is 18.4 Å². The number of aliphatic hydroxyl groups excluding tert-OH is 1. The SMILES string of the molecule is CC(=O)N1C[C@H](O)C[C@H]1C(=O)NCc1ccccc1. The van der Waals surface area contributed by atoms with Gasteiger partial charge in [-0.25, -0.2) is 0 Å². The van der Waals surface area contributed by atoms with E-state index in [0.717, 1.165) is 5.56 Å². The van der Waals surface area contributed by atoms with Gasteiger partial charge >= 0.3 is 0 Å². The van der Waals surface area contributed by atoms with Crippen molar-refractivity contribution in [3.63, 3.8) is 0 Å². The highest BCUT2D eigenvalue weighted by Gasteiger charge is 2.37. The number of aliphatic hydroxyl groups is 1. The molecule has 19 heavy (non-hydrogen) atoms. The largest absolute Gasteiger partial charge is 0.391 e. The molecule has 102 valence electrons. The van der Waals surface area contributed by atoms with Crippen molar-refractivity contribution < 1.29 is 14.7 Å². The van der Waals surface area contributed by atoms with Gasteiger partial charge in [-0.15, -0.1) is 0 Å². The smallest absolute Gasteiger partial charge is 0.243 e. The fourth-order valence-electron chi connectivity index (χ4n) is 2.31. The maximum atomic E-state index is 12.1. The molecule has 2 rings (SSSR count). The van der Waals surface area contributed by atoms with E-state index in [9.17, 15) is 14.7 Å². The second-order valence-electron chi connectivity index (χ2n) is 4.78. The Morgan fingerprint density at radius 3 is 2.68 bits per heavy atom. The lowest BCUT2D eigenvalue weighted by Crippen LogP contribution is -2.44. The van der Waals surface area contributed by atoms with Gasteiger partial charge in [-0.05, 0) is 5.56 Å². The first kappa shape index (κ1) is 13.5. The number of β-amino-alcohol motifs (C(OH)–C–C–N with tert-alkyl or cyclic N) is 1. The average molecular weight is 262 g/mol. The highest BCUT2D eigenvalue weighted by Crippen LogP contribution is 2.18. The third kappa shape index (κ3) is 3.32. The Morgan fingerprint density at radius 1 is 1.37 bits per heavy atom. The molecule has 0 saturated carbocycles. The maximum Gasteiger partial charge on any atom is 0.243 e. The van der Waals surface area contributed by atoms with Crippen LogP contribution in [0.1, 0.15) is 18.9 Å². The fraction of sp³-hybridized carbons (Fsp3) is 0.429. The summed E-state index contributed by atoms with van der Waals surface area (Å²) < 4.78 is 0. The lowest BCUT2D eigenvalue weighted by molar-refractivity contribution is -0.137. The van der Waals surface area contributed by atoms with Crippen LogP contribution in [0.25, 0.3) is 0 Å². The zero-order chi connectivity index (χ0) is 13.8. The Bertz CT molecular complexity index is 461. The van der Waals surface area contributed by atoms with Gasteiger partial charge < -0.3 is 15.3 Å². The summed E-state index contributed by atoms with van der Waals surface area (Å²) in [5.74, 6) is -0.396. The monoisotopic (exact) mass is 262 g/mol. The average Bonchev–Trinajstić information content (AvgIpc) is 2.79. The first-order valence-corrected chi connectivity index (χ1v) is 6.35. The summed E-state index contributed by atoms with van der Waals surface area (Å²) in [5.41, 5.74) is 1.00. The number of nitrogens with zero attached hydrogens (tertiary/aromatic N) is 1. The predicted molar refractivity (Wildman–Crippen MR) is 70.1 cm³/mol. The Kier molecular flexibility index (Phi) is 4.16. The van der Waals surface area contributed by atoms with Gasteiger partial charge in [0.1, 0.15) is 6.04 Å². The Labute approximate surface area is 112 Å². The van der Waals surface area contributed by atoms with Crippen molar-refractivity contribution in [3.05, 3.63) is 35.9 Å². The first-order chi connectivity index (χ1) is 9.08. The molecule has 2 amide bonds. The summed E-state index contributed by atoms with van der Waals surface area (Å²) in [6, 6.07) is 9.01. The van der Waals surface area contributed by atoms with Gasteiger partial charge in [0.25, 0.3) is 0 Å². The molecule has 1 aromatic rings. The molecule has 0 unspecified atom stereocenters. The quantitative estimate of drug-likeness (QED) is 0.822. The minimum atomic E-state index is -0.614. The predicted octanol–water partition coefficient (Wildman–Crippen LogP) is 0.284. The van der Waals surface area contributed by atoms with Crippen molar-refractivity contribution in [1.29, 1.82) is 0 Å². The summed E-state index contributed by atoms with van der Waals surface area (Å²) in [5, 5.41) is 12.4. The van der Waals surface area contributed by atoms with Gasteiger partial charge in [0.15, 0.2) is 0 Å². The van der Waals surface area contributed by atoms with Gasteiger partial charge in [-0.3, -0.25) is 9.59 Å². The van der Waals surface area contributed by atoms with Crippen LogP contribution in [0.2, 0.25) is 0 Å². The molecular formula is C14H18N2O3. The Morgan fingerprint density at radius 2 is 2.05 bits per heavy atom. The van der Waals surface area contributed by atoms with Crippen LogP contribution in [0.4, 0.5) is 0 Å². The number of likely N-dealkylation sites (tertiary alicyclic amines) is 1. The van der Waals surface area contributed by atoms with E-state index in [2.05, 4.69) is 5.32 Å². The molecule has 1 aliphatic rings. The van der Waals surface area contributed by atoms with Gasteiger partial charge in [0.2, 0.25) is 11.8 Å². The Balaban J connectivity index is 1.94. The second-order valence-corrected chi connectivity index (χ2v) is 4.78. The number of amides is 2. The molecule has 1 fully saturated rings. The molecule has 0 aromatic heterocycles. The molecule has 0 radical (unpaired) electrons. The molecule has 1 saturated heterocycles. The van der Waals surface area contributed by atoms with Crippen molar-refractivity contribution in [2.45, 2.75) is 32.0 Å². The van der Waals surface area contributed by atoms with E-state index in [4.69, 9.17) is 0 Å². The summed E-state index contributed by atoms with van der Waals surface area (Å²) in [6.45, 7) is 2.08. The summed E-state index contributed by atoms with van der Waals surface area (Å²) in [4.78, 5) is 24.9. The Hall–Kier alpha value is -1.88. The molecule has 5 heteroatoms. The van der Waals surface area contributed by atoms with Crippen LogP contribution in [0.3, 0.4) is 0 Å². The number of hydrogen-bond donors (Lipinski definition) is 2. The van der Waals surface area contributed by atoms with E-state index < -0.39 is 12.1 Å². The molecule has 0 spiro atoms. The van der Waals surface area contributed by atoms with Gasteiger partial charge in [-0.1, -0.05) is 30.3 Å². The molecular weight excluding hydrogens is 244 g/mol. The van der Waals surface area contributed by atoms with Crippen molar-refractivity contribution in [2.75, 3.05) is 6.54 Å². The topological polar surface area (TPSA) is 69.6 Å². The molecule has 2 atom stereocenters. The summed E-state index contributed by atoms with van der Waals surface area (Å²) >= 11 is 0. The van der Waals surface area contributed by atoms with Gasteiger partial charge in [0.05, 0.1) is 6.10 Å². The number of hydrogen-bond acceptors (Lipinski definition) is 3. The molecule has 1 aromatic carbocycles. The fourth-order valence-corrected chi connectivity index (χ4v) is 2.31. The zero-order valence-electron chi connectivity index (χ0n) is 10.9. The van der Waals surface area contributed by atoms with Gasteiger partial charge in [-0.2, -0.15) is 0 Å². The molecule has 0 bridgehead atoms. The van der Waals surface area contributed by atoms with Crippen molar-refractivity contribution in [2.24, 2.45) is 0 Å². The third-order valence-electron chi connectivity index (χ3n) is 3.30. The zero-order valence-corrected chi connectivity index (χ0v) is 10.9. The molecule has 5 nitrogen and oxygen atoms in total. The van der Waals surface area contributed by atoms with Crippen molar-refractivity contribution >= 4 is 11.8 Å². The minimum Gasteiger partial charge on any atom is -0.391 e. The van der Waals surface area contributed by atoms with E-state index in [1.54, 1.807) is 0 Å². The summed E-state index contributed by atoms with van der Waals surface area (Å²) in [7, 11) is 0. The van der Waals surface area contributed by atoms with E-state index in [0.29, 0.717) is 13.0 Å². The van der Waals surface area contributed by atoms with Crippen molar-refractivity contribution in [1.82, 2.24) is 10.2 Å². The highest BCUT2D eigenvalue weighted by atomic mass is 16.3. The van der Waals surface area contributed by atoms with Crippen LogP contribution in [-0.2, 0) is 16.1 Å². The van der Waals surface area contributed by atoms with Crippen LogP contribution in [0.15, 0.2) is 30.3 Å². The lowest BCUT2D eigenvalue weighted by Gasteiger charge is -2.22. The second kappa shape index (κ2) is 5.84. The van der Waals surface area contributed by atoms with Crippen LogP contribution in [0, 0.1) is 0 Å². The van der Waals surface area contributed by atoms with Gasteiger partial charge in [0, 0.05) is 26.4 Å². The molecule has 0 aliphatic carbocycles. The standard InChI is InChI=1S/C14H18N2O3/c1-10(17)16-9-12(18)7-13(16)14(19)15-8-11-5-3-2-4-6-11/h2-6,12-13,18H,7-9H2,1H3,(H,15,19)/t12-,13+/m1/s1. The van der Waals surface area contributed by atoms with E-state index in [1.165, 1.54) is 11.8 Å². The molecule has 2 N–H and O–H groups in total. The maximum absolute atomic E-state index is 12.1. The number of rotatable bonds is 3. The molecule has 1 heterocycles. The number of nitrogens with one attached hydrogen (secondary N) is 1. The first-order valence-electron chi connectivity index (χ1n) is 6.35. The van der Waals surface area contributed by atoms with E-state index in [1.807, 2.05) is 30.3 Å². The van der Waals surface area contributed by atoms with Crippen LogP contribution >= 0.6 is 0 Å². The number of benzene rings is 1. The van der Waals surface area contributed by atoms with E-state index >= 15 is 0 Å². The highest BCUT2D eigenvalue weighted by molar-refractivity contribution is 5.87. The van der Waals surface area contributed by atoms with Crippen LogP contribution < -0.4 is 5.32 Å². The number of carbonyl (C=O) groups is 2. The normalized spacial score (nSPS) is 22.3. The van der Waals surface area contributed by atoms with Crippen LogP contribution in [0.5, 0.6) is 0 Å². The van der Waals surface area contributed by atoms with Crippen LogP contribution in [-0.4, -0.2) is 40.5 Å². The van der Waals surface area contributed by atoms with Crippen molar-refractivity contribution in [3.8, 4) is 0 Å². The molecule has 1 aliphatic heterocycles. The minimum absolute atomic E-state index is 0.184.